The van der Waals surface area contributed by atoms with Crippen molar-refractivity contribution < 1.29 is 14.3 Å². The van der Waals surface area contributed by atoms with Crippen LogP contribution in [0.4, 0.5) is 0 Å². The Morgan fingerprint density at radius 2 is 1.69 bits per heavy atom. The molecule has 1 aromatic carbocycles. The summed E-state index contributed by atoms with van der Waals surface area (Å²) >= 11 is 0. The minimum atomic E-state index is 0.118. The molecule has 0 aliphatic heterocycles. The molecule has 1 aromatic rings. The molecule has 3 heteroatoms. The van der Waals surface area contributed by atoms with Gasteiger partial charge in [-0.05, 0) is 31.9 Å². The van der Waals surface area contributed by atoms with E-state index < -0.39 is 0 Å². The molecule has 1 rings (SSSR count). The van der Waals surface area contributed by atoms with E-state index in [2.05, 4.69) is 0 Å². The van der Waals surface area contributed by atoms with Gasteiger partial charge in [0, 0.05) is 12.0 Å². The maximum Gasteiger partial charge on any atom is 0.164 e. The number of Topliss-reactive ketones (excluding diaryl/α,β-unsaturated/α-hetero) is 1. The van der Waals surface area contributed by atoms with Crippen LogP contribution in [-0.4, -0.2) is 20.0 Å². The first-order valence-corrected chi connectivity index (χ1v) is 5.21. The Bertz CT molecular complexity index is 408. The predicted octanol–water partition coefficient (Wildman–Crippen LogP) is 2.45. The lowest BCUT2D eigenvalue weighted by Gasteiger charge is -2.16. The van der Waals surface area contributed by atoms with Gasteiger partial charge in [-0.15, -0.1) is 0 Å². The van der Waals surface area contributed by atoms with Crippen molar-refractivity contribution >= 4 is 5.78 Å². The van der Waals surface area contributed by atoms with E-state index in [0.717, 1.165) is 16.7 Å². The van der Waals surface area contributed by atoms with Crippen LogP contribution in [0.25, 0.3) is 0 Å². The lowest BCUT2D eigenvalue weighted by Crippen LogP contribution is -2.05. The van der Waals surface area contributed by atoms with E-state index in [-0.39, 0.29) is 5.78 Å². The van der Waals surface area contributed by atoms with Crippen molar-refractivity contribution in [3.8, 4) is 11.5 Å². The quantitative estimate of drug-likeness (QED) is 0.785. The normalized spacial score (nSPS) is 10.1. The predicted molar refractivity (Wildman–Crippen MR) is 63.4 cm³/mol. The zero-order chi connectivity index (χ0) is 12.3. The summed E-state index contributed by atoms with van der Waals surface area (Å²) in [6.45, 7) is 5.52. The lowest BCUT2D eigenvalue weighted by molar-refractivity contribution is -0.116. The topological polar surface area (TPSA) is 35.5 Å². The van der Waals surface area contributed by atoms with E-state index in [1.54, 1.807) is 21.1 Å². The maximum absolute atomic E-state index is 11.2. The van der Waals surface area contributed by atoms with Gasteiger partial charge >= 0.3 is 0 Å². The van der Waals surface area contributed by atoms with E-state index in [0.29, 0.717) is 17.9 Å². The van der Waals surface area contributed by atoms with Gasteiger partial charge in [0.2, 0.25) is 0 Å². The monoisotopic (exact) mass is 222 g/mol. The average molecular weight is 222 g/mol. The highest BCUT2D eigenvalue weighted by molar-refractivity contribution is 5.80. The Balaban J connectivity index is 3.39. The fourth-order valence-electron chi connectivity index (χ4n) is 1.91. The molecule has 0 spiro atoms. The van der Waals surface area contributed by atoms with Gasteiger partial charge in [0.15, 0.2) is 11.5 Å². The SMILES string of the molecule is COc1c(C)cc(C)c(CC(C)=O)c1OC. The fourth-order valence-corrected chi connectivity index (χ4v) is 1.91. The van der Waals surface area contributed by atoms with Crippen molar-refractivity contribution in [3.63, 3.8) is 0 Å². The number of hydrogen-bond donors (Lipinski definition) is 0. The molecule has 0 bridgehead atoms. The van der Waals surface area contributed by atoms with Crippen molar-refractivity contribution in [2.24, 2.45) is 0 Å². The van der Waals surface area contributed by atoms with Crippen LogP contribution in [0, 0.1) is 13.8 Å². The Morgan fingerprint density at radius 3 is 2.12 bits per heavy atom. The molecule has 0 heterocycles. The number of rotatable bonds is 4. The zero-order valence-electron chi connectivity index (χ0n) is 10.5. The molecule has 0 aliphatic rings. The number of carbonyl (C=O) groups is 1. The summed E-state index contributed by atoms with van der Waals surface area (Å²) in [5, 5.41) is 0. The number of ether oxygens (including phenoxy) is 2. The summed E-state index contributed by atoms with van der Waals surface area (Å²) in [7, 11) is 3.21. The van der Waals surface area contributed by atoms with Crippen molar-refractivity contribution in [3.05, 3.63) is 22.8 Å². The minimum absolute atomic E-state index is 0.118. The van der Waals surface area contributed by atoms with Gasteiger partial charge in [0.05, 0.1) is 14.2 Å². The molecule has 3 nitrogen and oxygen atoms in total. The van der Waals surface area contributed by atoms with Gasteiger partial charge in [-0.3, -0.25) is 4.79 Å². The Morgan fingerprint density at radius 1 is 1.12 bits per heavy atom. The molecule has 0 radical (unpaired) electrons. The van der Waals surface area contributed by atoms with E-state index >= 15 is 0 Å². The summed E-state index contributed by atoms with van der Waals surface area (Å²) in [5.41, 5.74) is 2.99. The summed E-state index contributed by atoms with van der Waals surface area (Å²) in [4.78, 5) is 11.2. The van der Waals surface area contributed by atoms with Crippen LogP contribution in [0.15, 0.2) is 6.07 Å². The van der Waals surface area contributed by atoms with Gasteiger partial charge in [0.1, 0.15) is 5.78 Å². The molecule has 0 aromatic heterocycles. The Kier molecular flexibility index (Phi) is 3.93. The number of carbonyl (C=O) groups excluding carboxylic acids is 1. The van der Waals surface area contributed by atoms with Gasteiger partial charge in [-0.1, -0.05) is 6.07 Å². The van der Waals surface area contributed by atoms with Crippen LogP contribution in [0.3, 0.4) is 0 Å². The highest BCUT2D eigenvalue weighted by atomic mass is 16.5. The Labute approximate surface area is 96.4 Å². The molecule has 0 fully saturated rings. The van der Waals surface area contributed by atoms with Crippen LogP contribution >= 0.6 is 0 Å². The molecule has 0 saturated carbocycles. The molecule has 0 aliphatic carbocycles. The maximum atomic E-state index is 11.2. The fraction of sp³-hybridized carbons (Fsp3) is 0.462. The first-order chi connectivity index (χ1) is 7.51. The number of aryl methyl sites for hydroxylation is 2. The van der Waals surface area contributed by atoms with Crippen LogP contribution < -0.4 is 9.47 Å². The van der Waals surface area contributed by atoms with Gasteiger partial charge in [0.25, 0.3) is 0 Å². The number of benzene rings is 1. The largest absolute Gasteiger partial charge is 0.493 e. The van der Waals surface area contributed by atoms with Crippen molar-refractivity contribution in [1.29, 1.82) is 0 Å². The first kappa shape index (κ1) is 12.6. The molecule has 0 N–H and O–H groups in total. The second-order valence-electron chi connectivity index (χ2n) is 3.93. The summed E-state index contributed by atoms with van der Waals surface area (Å²) < 4.78 is 10.7. The third-order valence-electron chi connectivity index (χ3n) is 2.58. The molecule has 0 saturated heterocycles. The minimum Gasteiger partial charge on any atom is -0.493 e. The molecular weight excluding hydrogens is 204 g/mol. The smallest absolute Gasteiger partial charge is 0.164 e. The molecule has 88 valence electrons. The van der Waals surface area contributed by atoms with E-state index in [9.17, 15) is 4.79 Å². The van der Waals surface area contributed by atoms with E-state index in [1.165, 1.54) is 0 Å². The van der Waals surface area contributed by atoms with Crippen LogP contribution in [-0.2, 0) is 11.2 Å². The summed E-state index contributed by atoms with van der Waals surface area (Å²) in [6, 6.07) is 2.01. The third kappa shape index (κ3) is 2.35. The molecule has 16 heavy (non-hydrogen) atoms. The van der Waals surface area contributed by atoms with E-state index in [1.807, 2.05) is 19.9 Å². The van der Waals surface area contributed by atoms with Crippen LogP contribution in [0.2, 0.25) is 0 Å². The molecule has 0 unspecified atom stereocenters. The zero-order valence-corrected chi connectivity index (χ0v) is 10.5. The highest BCUT2D eigenvalue weighted by Crippen LogP contribution is 2.36. The van der Waals surface area contributed by atoms with Crippen molar-refractivity contribution in [1.82, 2.24) is 0 Å². The van der Waals surface area contributed by atoms with Gasteiger partial charge < -0.3 is 9.47 Å². The van der Waals surface area contributed by atoms with Crippen molar-refractivity contribution in [2.45, 2.75) is 27.2 Å². The second-order valence-corrected chi connectivity index (χ2v) is 3.93. The highest BCUT2D eigenvalue weighted by Gasteiger charge is 2.16. The van der Waals surface area contributed by atoms with Gasteiger partial charge in [-0.25, -0.2) is 0 Å². The Hall–Kier alpha value is -1.51. The summed E-state index contributed by atoms with van der Waals surface area (Å²) in [6.07, 6.45) is 0.381. The summed E-state index contributed by atoms with van der Waals surface area (Å²) in [5.74, 6) is 1.51. The van der Waals surface area contributed by atoms with Crippen LogP contribution in [0.5, 0.6) is 11.5 Å². The first-order valence-electron chi connectivity index (χ1n) is 5.21. The lowest BCUT2D eigenvalue weighted by atomic mass is 9.99. The average Bonchev–Trinajstić information content (AvgIpc) is 2.20. The third-order valence-corrected chi connectivity index (χ3v) is 2.58. The molecule has 0 atom stereocenters. The standard InChI is InChI=1S/C13H18O3/c1-8-6-9(2)12(15-4)13(16-5)11(8)7-10(3)14/h6H,7H2,1-5H3. The molecule has 0 amide bonds. The van der Waals surface area contributed by atoms with Crippen molar-refractivity contribution in [2.75, 3.05) is 14.2 Å². The van der Waals surface area contributed by atoms with Crippen LogP contribution in [0.1, 0.15) is 23.6 Å². The second kappa shape index (κ2) is 5.01. The number of ketones is 1. The number of methoxy groups -OCH3 is 2. The molecular formula is C13H18O3. The van der Waals surface area contributed by atoms with E-state index in [4.69, 9.17) is 9.47 Å². The number of hydrogen-bond acceptors (Lipinski definition) is 3. The van der Waals surface area contributed by atoms with Gasteiger partial charge in [-0.2, -0.15) is 0 Å².